The fourth-order valence-electron chi connectivity index (χ4n) is 3.80. The molecule has 2 N–H and O–H groups in total. The van der Waals surface area contributed by atoms with E-state index in [2.05, 4.69) is 0 Å². The Balaban J connectivity index is 1.65. The third-order valence-electron chi connectivity index (χ3n) is 4.94. The summed E-state index contributed by atoms with van der Waals surface area (Å²) in [5.41, 5.74) is 7.13. The van der Waals surface area contributed by atoms with Crippen LogP contribution in [0.4, 0.5) is 0 Å². The molecule has 1 aromatic carbocycles. The number of fused-ring (bicyclic) bond motifs is 1. The van der Waals surface area contributed by atoms with Gasteiger partial charge in [0.15, 0.2) is 0 Å². The zero-order valence-electron chi connectivity index (χ0n) is 13.5. The minimum atomic E-state index is 0.111. The first-order chi connectivity index (χ1) is 10.5. The maximum atomic E-state index is 12.6. The molecule has 1 aliphatic carbocycles. The molecular formula is C18H26N2O2. The molecule has 2 fully saturated rings. The third kappa shape index (κ3) is 3.12. The fourth-order valence-corrected chi connectivity index (χ4v) is 3.80. The number of nitrogens with two attached hydrogens (primary N) is 1. The van der Waals surface area contributed by atoms with Crippen LogP contribution in [0.25, 0.3) is 0 Å². The molecule has 0 radical (unpaired) electrons. The Labute approximate surface area is 132 Å². The van der Waals surface area contributed by atoms with Crippen LogP contribution in [-0.4, -0.2) is 36.0 Å². The summed E-state index contributed by atoms with van der Waals surface area (Å²) in [6.07, 6.45) is 2.81. The van der Waals surface area contributed by atoms with E-state index >= 15 is 0 Å². The predicted molar refractivity (Wildman–Crippen MR) is 86.7 cm³/mol. The molecule has 3 rings (SSSR count). The predicted octanol–water partition coefficient (Wildman–Crippen LogP) is 2.21. The van der Waals surface area contributed by atoms with E-state index in [1.54, 1.807) is 0 Å². The molecule has 0 aromatic heterocycles. The Hall–Kier alpha value is -1.55. The third-order valence-corrected chi connectivity index (χ3v) is 4.94. The lowest BCUT2D eigenvalue weighted by molar-refractivity contribution is -0.129. The summed E-state index contributed by atoms with van der Waals surface area (Å²) < 4.78 is 5.81. The van der Waals surface area contributed by atoms with Gasteiger partial charge in [0.1, 0.15) is 5.75 Å². The number of ether oxygens (including phenoxy) is 1. The van der Waals surface area contributed by atoms with Crippen molar-refractivity contribution in [1.29, 1.82) is 0 Å². The second-order valence-corrected chi connectivity index (χ2v) is 6.91. The number of hydrogen-bond acceptors (Lipinski definition) is 3. The highest BCUT2D eigenvalue weighted by atomic mass is 16.5. The maximum absolute atomic E-state index is 12.6. The van der Waals surface area contributed by atoms with Gasteiger partial charge < -0.3 is 15.4 Å². The lowest BCUT2D eigenvalue weighted by Gasteiger charge is -2.20. The number of para-hydroxylation sites is 1. The number of nitrogens with zero attached hydrogens (tertiary/aromatic N) is 1. The molecule has 0 bridgehead atoms. The minimum Gasteiger partial charge on any atom is -0.491 e. The molecule has 1 saturated heterocycles. The number of benzene rings is 1. The van der Waals surface area contributed by atoms with E-state index in [0.717, 1.165) is 30.8 Å². The van der Waals surface area contributed by atoms with Crippen molar-refractivity contribution < 1.29 is 9.53 Å². The normalized spacial score (nSPS) is 27.3. The van der Waals surface area contributed by atoms with Crippen LogP contribution in [-0.2, 0) is 11.2 Å². The van der Waals surface area contributed by atoms with Crippen molar-refractivity contribution in [2.75, 3.05) is 13.1 Å². The van der Waals surface area contributed by atoms with Crippen molar-refractivity contribution in [3.05, 3.63) is 29.8 Å². The largest absolute Gasteiger partial charge is 0.491 e. The van der Waals surface area contributed by atoms with E-state index in [9.17, 15) is 4.79 Å². The van der Waals surface area contributed by atoms with Gasteiger partial charge in [-0.25, -0.2) is 0 Å². The topological polar surface area (TPSA) is 55.6 Å². The molecular weight excluding hydrogens is 276 g/mol. The van der Waals surface area contributed by atoms with Crippen LogP contribution in [0.15, 0.2) is 24.3 Å². The smallest absolute Gasteiger partial charge is 0.227 e. The highest BCUT2D eigenvalue weighted by Gasteiger charge is 2.42. The van der Waals surface area contributed by atoms with Crippen molar-refractivity contribution in [2.24, 2.45) is 17.6 Å². The van der Waals surface area contributed by atoms with Crippen molar-refractivity contribution in [2.45, 2.75) is 45.3 Å². The number of amides is 1. The van der Waals surface area contributed by atoms with Gasteiger partial charge in [0.2, 0.25) is 5.91 Å². The molecule has 4 heteroatoms. The van der Waals surface area contributed by atoms with Crippen LogP contribution >= 0.6 is 0 Å². The van der Waals surface area contributed by atoms with E-state index in [-0.39, 0.29) is 18.1 Å². The summed E-state index contributed by atoms with van der Waals surface area (Å²) in [5, 5.41) is 0. The average Bonchev–Trinajstić information content (AvgIpc) is 3.03. The van der Waals surface area contributed by atoms with Crippen molar-refractivity contribution >= 4 is 5.91 Å². The van der Waals surface area contributed by atoms with Gasteiger partial charge in [0.05, 0.1) is 12.5 Å². The van der Waals surface area contributed by atoms with E-state index in [1.165, 1.54) is 6.42 Å². The van der Waals surface area contributed by atoms with Crippen LogP contribution in [0.1, 0.15) is 32.3 Å². The van der Waals surface area contributed by atoms with Crippen LogP contribution in [0.5, 0.6) is 5.75 Å². The highest BCUT2D eigenvalue weighted by Crippen LogP contribution is 2.37. The molecule has 120 valence electrons. The minimum absolute atomic E-state index is 0.111. The van der Waals surface area contributed by atoms with Crippen molar-refractivity contribution in [3.8, 4) is 5.75 Å². The number of likely N-dealkylation sites (tertiary alicyclic amines) is 1. The van der Waals surface area contributed by atoms with E-state index in [1.807, 2.05) is 43.0 Å². The molecule has 2 aliphatic rings. The van der Waals surface area contributed by atoms with E-state index in [0.29, 0.717) is 18.3 Å². The highest BCUT2D eigenvalue weighted by molar-refractivity contribution is 5.80. The first-order valence-corrected chi connectivity index (χ1v) is 8.32. The summed E-state index contributed by atoms with van der Waals surface area (Å²) in [6.45, 7) is 5.71. The van der Waals surface area contributed by atoms with Gasteiger partial charge in [0, 0.05) is 24.7 Å². The van der Waals surface area contributed by atoms with Gasteiger partial charge in [-0.15, -0.1) is 0 Å². The first-order valence-electron chi connectivity index (χ1n) is 8.32. The van der Waals surface area contributed by atoms with Gasteiger partial charge in [-0.2, -0.15) is 0 Å². The molecule has 1 saturated carbocycles. The number of carbonyl (C=O) groups excluding carboxylic acids is 1. The van der Waals surface area contributed by atoms with E-state index < -0.39 is 0 Å². The molecule has 3 atom stereocenters. The standard InChI is InChI=1S/C18H26N2O2/c1-12(2)22-17-6-4-3-5-13(17)9-18(21)20-10-14-7-8-16(19)15(14)11-20/h3-6,12,14-16H,7-11,19H2,1-2H3. The quantitative estimate of drug-likeness (QED) is 0.928. The zero-order chi connectivity index (χ0) is 15.7. The maximum Gasteiger partial charge on any atom is 0.227 e. The molecule has 3 unspecified atom stereocenters. The summed E-state index contributed by atoms with van der Waals surface area (Å²) in [6, 6.07) is 8.12. The molecule has 1 heterocycles. The zero-order valence-corrected chi connectivity index (χ0v) is 13.5. The number of rotatable bonds is 4. The molecule has 1 amide bonds. The summed E-state index contributed by atoms with van der Waals surface area (Å²) in [4.78, 5) is 14.6. The van der Waals surface area contributed by atoms with Crippen molar-refractivity contribution in [1.82, 2.24) is 4.90 Å². The Kier molecular flexibility index (Phi) is 4.39. The molecule has 4 nitrogen and oxygen atoms in total. The second kappa shape index (κ2) is 6.29. The van der Waals surface area contributed by atoms with Crippen LogP contribution in [0, 0.1) is 11.8 Å². The summed E-state index contributed by atoms with van der Waals surface area (Å²) in [7, 11) is 0. The van der Waals surface area contributed by atoms with Gasteiger partial charge in [-0.05, 0) is 44.6 Å². The monoisotopic (exact) mass is 302 g/mol. The number of carbonyl (C=O) groups is 1. The molecule has 22 heavy (non-hydrogen) atoms. The molecule has 0 spiro atoms. The molecule has 1 aliphatic heterocycles. The summed E-state index contributed by atoms with van der Waals surface area (Å²) in [5.74, 6) is 2.13. The van der Waals surface area contributed by atoms with Crippen LogP contribution < -0.4 is 10.5 Å². The Morgan fingerprint density at radius 3 is 2.82 bits per heavy atom. The lowest BCUT2D eigenvalue weighted by Crippen LogP contribution is -2.34. The summed E-state index contributed by atoms with van der Waals surface area (Å²) >= 11 is 0. The van der Waals surface area contributed by atoms with E-state index in [4.69, 9.17) is 10.5 Å². The average molecular weight is 302 g/mol. The fraction of sp³-hybridized carbons (Fsp3) is 0.611. The second-order valence-electron chi connectivity index (χ2n) is 6.91. The Morgan fingerprint density at radius 1 is 1.32 bits per heavy atom. The lowest BCUT2D eigenvalue weighted by atomic mass is 9.98. The van der Waals surface area contributed by atoms with Gasteiger partial charge >= 0.3 is 0 Å². The SMILES string of the molecule is CC(C)Oc1ccccc1CC(=O)N1CC2CCC(N)C2C1. The van der Waals surface area contributed by atoms with Crippen LogP contribution in [0.2, 0.25) is 0 Å². The Bertz CT molecular complexity index is 544. The van der Waals surface area contributed by atoms with Crippen LogP contribution in [0.3, 0.4) is 0 Å². The molecule has 1 aromatic rings. The van der Waals surface area contributed by atoms with Gasteiger partial charge in [0.25, 0.3) is 0 Å². The first kappa shape index (κ1) is 15.3. The van der Waals surface area contributed by atoms with Crippen molar-refractivity contribution in [3.63, 3.8) is 0 Å². The van der Waals surface area contributed by atoms with Gasteiger partial charge in [-0.1, -0.05) is 18.2 Å². The van der Waals surface area contributed by atoms with Gasteiger partial charge in [-0.3, -0.25) is 4.79 Å². The Morgan fingerprint density at radius 2 is 2.09 bits per heavy atom. The number of hydrogen-bond donors (Lipinski definition) is 1.